The minimum atomic E-state index is -0.0401. The number of fused-ring (bicyclic) bond motifs is 1. The third-order valence-corrected chi connectivity index (χ3v) is 5.56. The molecule has 0 N–H and O–H groups in total. The molecule has 1 unspecified atom stereocenters. The van der Waals surface area contributed by atoms with E-state index < -0.39 is 0 Å². The first-order chi connectivity index (χ1) is 12.7. The van der Waals surface area contributed by atoms with E-state index in [4.69, 9.17) is 4.74 Å². The van der Waals surface area contributed by atoms with Crippen LogP contribution < -0.4 is 4.74 Å². The summed E-state index contributed by atoms with van der Waals surface area (Å²) in [5.41, 5.74) is 2.19. The van der Waals surface area contributed by atoms with Gasteiger partial charge in [0.25, 0.3) is 0 Å². The van der Waals surface area contributed by atoms with Gasteiger partial charge in [0.15, 0.2) is 0 Å². The zero-order chi connectivity index (χ0) is 18.1. The number of carbonyl (C=O) groups excluding carboxylic acids is 1. The van der Waals surface area contributed by atoms with Crippen LogP contribution in [0.15, 0.2) is 30.5 Å². The van der Waals surface area contributed by atoms with E-state index in [1.807, 2.05) is 29.3 Å². The van der Waals surface area contributed by atoms with E-state index in [9.17, 15) is 4.79 Å². The number of hydrogen-bond donors (Lipinski definition) is 0. The van der Waals surface area contributed by atoms with Crippen molar-refractivity contribution in [2.24, 2.45) is 0 Å². The lowest BCUT2D eigenvalue weighted by atomic mass is 10.0. The highest BCUT2D eigenvalue weighted by Gasteiger charge is 2.34. The van der Waals surface area contributed by atoms with Gasteiger partial charge in [-0.3, -0.25) is 9.69 Å². The highest BCUT2D eigenvalue weighted by molar-refractivity contribution is 5.79. The molecule has 2 aliphatic heterocycles. The molecule has 2 aliphatic rings. The normalized spacial score (nSPS) is 20.2. The molecule has 1 saturated heterocycles. The molecular weight excluding hydrogens is 328 g/mol. The average molecular weight is 354 g/mol. The summed E-state index contributed by atoms with van der Waals surface area (Å²) in [6, 6.07) is 7.97. The molecule has 0 aliphatic carbocycles. The summed E-state index contributed by atoms with van der Waals surface area (Å²) in [6.07, 6.45) is 4.27. The molecule has 0 saturated carbocycles. The number of para-hydroxylation sites is 1. The van der Waals surface area contributed by atoms with Crippen LogP contribution in [0.5, 0.6) is 5.75 Å². The molecule has 0 spiro atoms. The lowest BCUT2D eigenvalue weighted by Gasteiger charge is -2.38. The van der Waals surface area contributed by atoms with Gasteiger partial charge < -0.3 is 14.2 Å². The maximum absolute atomic E-state index is 13.2. The van der Waals surface area contributed by atoms with E-state index >= 15 is 0 Å². The molecule has 6 heteroatoms. The number of nitrogens with zero attached hydrogens (tertiary/aromatic N) is 4. The van der Waals surface area contributed by atoms with Crippen molar-refractivity contribution in [1.82, 2.24) is 19.4 Å². The van der Waals surface area contributed by atoms with Crippen molar-refractivity contribution in [1.29, 1.82) is 0 Å². The number of rotatable bonds is 4. The number of methoxy groups -OCH3 is 1. The maximum Gasteiger partial charge on any atom is 0.237 e. The largest absolute Gasteiger partial charge is 0.496 e. The van der Waals surface area contributed by atoms with Gasteiger partial charge in [0.2, 0.25) is 5.91 Å². The fourth-order valence-electron chi connectivity index (χ4n) is 4.11. The van der Waals surface area contributed by atoms with Crippen LogP contribution in [0.3, 0.4) is 0 Å². The Balaban J connectivity index is 1.67. The Hall–Kier alpha value is -2.34. The van der Waals surface area contributed by atoms with Gasteiger partial charge in [-0.25, -0.2) is 4.98 Å². The van der Waals surface area contributed by atoms with Crippen LogP contribution in [0.25, 0.3) is 0 Å². The van der Waals surface area contributed by atoms with Crippen LogP contribution in [-0.2, 0) is 17.9 Å². The zero-order valence-corrected chi connectivity index (χ0v) is 15.5. The number of likely N-dealkylation sites (tertiary alicyclic amines) is 1. The van der Waals surface area contributed by atoms with E-state index in [0.29, 0.717) is 19.6 Å². The van der Waals surface area contributed by atoms with Gasteiger partial charge in [0.05, 0.1) is 26.2 Å². The van der Waals surface area contributed by atoms with Gasteiger partial charge in [-0.15, -0.1) is 0 Å². The quantitative estimate of drug-likeness (QED) is 0.846. The fourth-order valence-corrected chi connectivity index (χ4v) is 4.11. The van der Waals surface area contributed by atoms with Crippen LogP contribution in [0.1, 0.15) is 36.0 Å². The number of hydrogen-bond acceptors (Lipinski definition) is 4. The molecule has 1 aromatic heterocycles. The van der Waals surface area contributed by atoms with Crippen LogP contribution in [0.2, 0.25) is 0 Å². The standard InChI is InChI=1S/C20H26N4O2/c1-15-11-21-19-13-24(20(25)14-22-9-5-6-10-22)17(12-23(15)19)16-7-3-4-8-18(16)26-2/h3-4,7-8,11,17H,5-6,9-10,12-14H2,1-2H3. The molecule has 0 radical (unpaired) electrons. The van der Waals surface area contributed by atoms with Gasteiger partial charge in [0.1, 0.15) is 11.6 Å². The topological polar surface area (TPSA) is 50.6 Å². The van der Waals surface area contributed by atoms with Crippen molar-refractivity contribution in [3.8, 4) is 5.75 Å². The Morgan fingerprint density at radius 2 is 2.04 bits per heavy atom. The third kappa shape index (κ3) is 3.09. The molecule has 1 fully saturated rings. The average Bonchev–Trinajstić information content (AvgIpc) is 3.30. The summed E-state index contributed by atoms with van der Waals surface area (Å²) in [6.45, 7) is 5.86. The van der Waals surface area contributed by atoms with E-state index in [1.165, 1.54) is 12.8 Å². The summed E-state index contributed by atoms with van der Waals surface area (Å²) in [5.74, 6) is 1.97. The number of aromatic nitrogens is 2. The highest BCUT2D eigenvalue weighted by Crippen LogP contribution is 2.35. The van der Waals surface area contributed by atoms with Crippen molar-refractivity contribution < 1.29 is 9.53 Å². The van der Waals surface area contributed by atoms with E-state index in [1.54, 1.807) is 7.11 Å². The fraction of sp³-hybridized carbons (Fsp3) is 0.500. The van der Waals surface area contributed by atoms with Gasteiger partial charge in [-0.2, -0.15) is 0 Å². The number of aryl methyl sites for hydroxylation is 1. The lowest BCUT2D eigenvalue weighted by molar-refractivity contribution is -0.137. The van der Waals surface area contributed by atoms with Crippen molar-refractivity contribution in [2.45, 2.75) is 38.9 Å². The molecule has 26 heavy (non-hydrogen) atoms. The van der Waals surface area contributed by atoms with E-state index in [0.717, 1.165) is 35.9 Å². The summed E-state index contributed by atoms with van der Waals surface area (Å²) in [7, 11) is 1.69. The van der Waals surface area contributed by atoms with Crippen molar-refractivity contribution in [3.63, 3.8) is 0 Å². The van der Waals surface area contributed by atoms with Crippen LogP contribution in [-0.4, -0.2) is 52.0 Å². The number of ether oxygens (including phenoxy) is 1. The molecule has 4 rings (SSSR count). The molecule has 138 valence electrons. The Kier molecular flexibility index (Phi) is 4.68. The second-order valence-corrected chi connectivity index (χ2v) is 7.19. The smallest absolute Gasteiger partial charge is 0.237 e. The molecule has 1 atom stereocenters. The molecule has 6 nitrogen and oxygen atoms in total. The minimum absolute atomic E-state index is 0.0401. The van der Waals surface area contributed by atoms with Crippen molar-refractivity contribution in [2.75, 3.05) is 26.7 Å². The highest BCUT2D eigenvalue weighted by atomic mass is 16.5. The van der Waals surface area contributed by atoms with Crippen LogP contribution >= 0.6 is 0 Å². The van der Waals surface area contributed by atoms with Gasteiger partial charge in [-0.05, 0) is 38.9 Å². The SMILES string of the molecule is COc1ccccc1C1Cn2c(C)cnc2CN1C(=O)CN1CCCC1. The van der Waals surface area contributed by atoms with E-state index in [-0.39, 0.29) is 11.9 Å². The monoisotopic (exact) mass is 354 g/mol. The first kappa shape index (κ1) is 17.1. The number of imidazole rings is 1. The lowest BCUT2D eigenvalue weighted by Crippen LogP contribution is -2.45. The minimum Gasteiger partial charge on any atom is -0.496 e. The molecule has 2 aromatic rings. The molecule has 3 heterocycles. The van der Waals surface area contributed by atoms with Gasteiger partial charge in [-0.1, -0.05) is 18.2 Å². The predicted octanol–water partition coefficient (Wildman–Crippen LogP) is 2.38. The number of amides is 1. The number of carbonyl (C=O) groups is 1. The summed E-state index contributed by atoms with van der Waals surface area (Å²) >= 11 is 0. The third-order valence-electron chi connectivity index (χ3n) is 5.56. The first-order valence-electron chi connectivity index (χ1n) is 9.33. The van der Waals surface area contributed by atoms with Crippen molar-refractivity contribution in [3.05, 3.63) is 47.5 Å². The molecule has 1 amide bonds. The Morgan fingerprint density at radius 1 is 1.27 bits per heavy atom. The van der Waals surface area contributed by atoms with Gasteiger partial charge >= 0.3 is 0 Å². The summed E-state index contributed by atoms with van der Waals surface area (Å²) < 4.78 is 7.81. The summed E-state index contributed by atoms with van der Waals surface area (Å²) in [5, 5.41) is 0. The maximum atomic E-state index is 13.2. The predicted molar refractivity (Wildman–Crippen MR) is 98.9 cm³/mol. The van der Waals surface area contributed by atoms with Crippen molar-refractivity contribution >= 4 is 5.91 Å². The molecule has 1 aromatic carbocycles. The zero-order valence-electron chi connectivity index (χ0n) is 15.5. The Labute approximate surface area is 154 Å². The Morgan fingerprint density at radius 3 is 2.81 bits per heavy atom. The number of benzene rings is 1. The van der Waals surface area contributed by atoms with Crippen LogP contribution in [0, 0.1) is 6.92 Å². The second-order valence-electron chi connectivity index (χ2n) is 7.19. The molecular formula is C20H26N4O2. The Bertz CT molecular complexity index is 795. The first-order valence-corrected chi connectivity index (χ1v) is 9.33. The second kappa shape index (κ2) is 7.11. The molecule has 0 bridgehead atoms. The van der Waals surface area contributed by atoms with Crippen LogP contribution in [0.4, 0.5) is 0 Å². The van der Waals surface area contributed by atoms with E-state index in [2.05, 4.69) is 27.4 Å². The summed E-state index contributed by atoms with van der Waals surface area (Å²) in [4.78, 5) is 21.9. The van der Waals surface area contributed by atoms with Gasteiger partial charge in [0, 0.05) is 24.0 Å².